The number of aryl methyl sites for hydroxylation is 1. The summed E-state index contributed by atoms with van der Waals surface area (Å²) < 4.78 is 11.4. The third-order valence-electron chi connectivity index (χ3n) is 3.60. The van der Waals surface area contributed by atoms with Gasteiger partial charge in [0.25, 0.3) is 0 Å². The van der Waals surface area contributed by atoms with Crippen LogP contribution >= 0.6 is 0 Å². The topological polar surface area (TPSA) is 67.8 Å². The van der Waals surface area contributed by atoms with Crippen molar-refractivity contribution in [1.29, 1.82) is 0 Å². The average molecular weight is 352 g/mol. The van der Waals surface area contributed by atoms with Gasteiger partial charge in [0.1, 0.15) is 11.5 Å². The number of nitrogens with one attached hydrogen (secondary N) is 1. The number of pyridine rings is 1. The Labute approximate surface area is 150 Å². The fourth-order valence-electron chi connectivity index (χ4n) is 2.47. The molecule has 0 amide bonds. The molecule has 0 aliphatic heterocycles. The van der Waals surface area contributed by atoms with Gasteiger partial charge in [0, 0.05) is 46.5 Å². The summed E-state index contributed by atoms with van der Waals surface area (Å²) in [6.45, 7) is 2.06. The van der Waals surface area contributed by atoms with E-state index in [2.05, 4.69) is 27.2 Å². The number of rotatable bonds is 6. The lowest BCUT2D eigenvalue weighted by Gasteiger charge is -2.10. The van der Waals surface area contributed by atoms with Crippen molar-refractivity contribution in [3.63, 3.8) is 0 Å². The Morgan fingerprint density at radius 2 is 1.96 bits per heavy atom. The van der Waals surface area contributed by atoms with E-state index in [1.165, 1.54) is 0 Å². The number of nitrogens with zero attached hydrogens (tertiary/aromatic N) is 3. The summed E-state index contributed by atoms with van der Waals surface area (Å²) in [5.41, 5.74) is 3.64. The van der Waals surface area contributed by atoms with Gasteiger partial charge in [-0.15, -0.1) is 0 Å². The fourth-order valence-corrected chi connectivity index (χ4v) is 3.12. The number of hydrogen-bond donors (Lipinski definition) is 1. The lowest BCUT2D eigenvalue weighted by Crippen LogP contribution is -2.02. The molecule has 0 saturated heterocycles. The van der Waals surface area contributed by atoms with E-state index in [1.807, 2.05) is 48.5 Å². The second kappa shape index (κ2) is 7.98. The third-order valence-corrected chi connectivity index (χ3v) is 4.34. The smallest absolute Gasteiger partial charge is 0.180 e. The summed E-state index contributed by atoms with van der Waals surface area (Å²) in [6, 6.07) is 15.5. The molecule has 0 aliphatic carbocycles. The van der Waals surface area contributed by atoms with Gasteiger partial charge in [-0.3, -0.25) is 9.19 Å². The SMILES string of the molecule is CCc1cc(Nc2cccc(CS(C)=O)c2)nc(-c2ccccn2)n1. The molecule has 3 aromatic rings. The Morgan fingerprint density at radius 1 is 1.08 bits per heavy atom. The highest BCUT2D eigenvalue weighted by molar-refractivity contribution is 7.83. The van der Waals surface area contributed by atoms with Gasteiger partial charge in [0.15, 0.2) is 5.82 Å². The zero-order valence-corrected chi connectivity index (χ0v) is 15.1. The van der Waals surface area contributed by atoms with E-state index in [0.717, 1.165) is 34.9 Å². The summed E-state index contributed by atoms with van der Waals surface area (Å²) >= 11 is 0. The highest BCUT2D eigenvalue weighted by Crippen LogP contribution is 2.21. The molecule has 1 unspecified atom stereocenters. The molecule has 2 heterocycles. The van der Waals surface area contributed by atoms with E-state index in [0.29, 0.717) is 11.6 Å². The molecule has 2 aromatic heterocycles. The van der Waals surface area contributed by atoms with Crippen molar-refractivity contribution in [2.45, 2.75) is 19.1 Å². The van der Waals surface area contributed by atoms with E-state index in [4.69, 9.17) is 0 Å². The van der Waals surface area contributed by atoms with E-state index in [-0.39, 0.29) is 0 Å². The zero-order valence-electron chi connectivity index (χ0n) is 14.3. The van der Waals surface area contributed by atoms with Crippen LogP contribution in [0.25, 0.3) is 11.5 Å². The normalized spacial score (nSPS) is 11.9. The van der Waals surface area contributed by atoms with Crippen LogP contribution in [0, 0.1) is 0 Å². The minimum absolute atomic E-state index is 0.540. The minimum Gasteiger partial charge on any atom is -0.340 e. The van der Waals surface area contributed by atoms with Crippen molar-refractivity contribution in [1.82, 2.24) is 15.0 Å². The second-order valence-corrected chi connectivity index (χ2v) is 7.11. The molecule has 6 heteroatoms. The Bertz CT molecular complexity index is 884. The van der Waals surface area contributed by atoms with Crippen molar-refractivity contribution in [2.24, 2.45) is 0 Å². The van der Waals surface area contributed by atoms with Gasteiger partial charge in [-0.1, -0.05) is 25.1 Å². The first kappa shape index (κ1) is 17.2. The lowest BCUT2D eigenvalue weighted by molar-refractivity contribution is 0.686. The molecule has 25 heavy (non-hydrogen) atoms. The molecule has 0 bridgehead atoms. The zero-order chi connectivity index (χ0) is 17.6. The molecule has 5 nitrogen and oxygen atoms in total. The standard InChI is InChI=1S/C19H20N4OS/c1-3-15-12-18(23-19(22-15)17-9-4-5-10-20-17)21-16-8-6-7-14(11-16)13-25(2)24/h4-12H,3,13H2,1-2H3,(H,21,22,23). The summed E-state index contributed by atoms with van der Waals surface area (Å²) in [7, 11) is -0.867. The molecule has 1 atom stereocenters. The van der Waals surface area contributed by atoms with Crippen LogP contribution in [0.15, 0.2) is 54.7 Å². The van der Waals surface area contributed by atoms with Crippen LogP contribution in [-0.2, 0) is 23.0 Å². The molecule has 1 aromatic carbocycles. The van der Waals surface area contributed by atoms with Crippen molar-refractivity contribution in [3.05, 3.63) is 66.0 Å². The molecule has 1 N–H and O–H groups in total. The quantitative estimate of drug-likeness (QED) is 0.732. The van der Waals surface area contributed by atoms with Crippen molar-refractivity contribution >= 4 is 22.3 Å². The van der Waals surface area contributed by atoms with Crippen LogP contribution in [0.4, 0.5) is 11.5 Å². The molecule has 0 radical (unpaired) electrons. The monoisotopic (exact) mass is 352 g/mol. The van der Waals surface area contributed by atoms with Crippen LogP contribution in [0.2, 0.25) is 0 Å². The van der Waals surface area contributed by atoms with Gasteiger partial charge in [-0.2, -0.15) is 0 Å². The minimum atomic E-state index is -0.867. The van der Waals surface area contributed by atoms with Crippen molar-refractivity contribution in [3.8, 4) is 11.5 Å². The largest absolute Gasteiger partial charge is 0.340 e. The number of anilines is 2. The van der Waals surface area contributed by atoms with Crippen LogP contribution in [0.5, 0.6) is 0 Å². The predicted molar refractivity (Wildman–Crippen MR) is 102 cm³/mol. The van der Waals surface area contributed by atoms with E-state index >= 15 is 0 Å². The Morgan fingerprint density at radius 3 is 2.68 bits per heavy atom. The van der Waals surface area contributed by atoms with Crippen LogP contribution in [-0.4, -0.2) is 25.4 Å². The average Bonchev–Trinajstić information content (AvgIpc) is 2.62. The summed E-state index contributed by atoms with van der Waals surface area (Å²) in [6.07, 6.45) is 4.25. The van der Waals surface area contributed by atoms with E-state index < -0.39 is 10.8 Å². The second-order valence-electron chi connectivity index (χ2n) is 5.68. The molecule has 0 fully saturated rings. The summed E-state index contributed by atoms with van der Waals surface area (Å²) in [5, 5.41) is 3.32. The van der Waals surface area contributed by atoms with Crippen molar-refractivity contribution < 1.29 is 4.21 Å². The molecular weight excluding hydrogens is 332 g/mol. The highest BCUT2D eigenvalue weighted by atomic mass is 32.2. The molecule has 3 rings (SSSR count). The highest BCUT2D eigenvalue weighted by Gasteiger charge is 2.08. The first-order valence-corrected chi connectivity index (χ1v) is 9.82. The van der Waals surface area contributed by atoms with Gasteiger partial charge in [-0.25, -0.2) is 9.97 Å². The van der Waals surface area contributed by atoms with Crippen LogP contribution < -0.4 is 5.32 Å². The Balaban J connectivity index is 1.91. The Kier molecular flexibility index (Phi) is 5.50. The number of benzene rings is 1. The summed E-state index contributed by atoms with van der Waals surface area (Å²) in [4.78, 5) is 13.5. The fraction of sp³-hybridized carbons (Fsp3) is 0.211. The molecular formula is C19H20N4OS. The molecule has 0 aliphatic rings. The molecule has 128 valence electrons. The maximum Gasteiger partial charge on any atom is 0.180 e. The third kappa shape index (κ3) is 4.70. The van der Waals surface area contributed by atoms with Gasteiger partial charge in [-0.05, 0) is 36.2 Å². The maximum absolute atomic E-state index is 11.4. The van der Waals surface area contributed by atoms with E-state index in [9.17, 15) is 4.21 Å². The van der Waals surface area contributed by atoms with Crippen LogP contribution in [0.3, 0.4) is 0 Å². The van der Waals surface area contributed by atoms with Gasteiger partial charge >= 0.3 is 0 Å². The molecule has 0 saturated carbocycles. The lowest BCUT2D eigenvalue weighted by atomic mass is 10.2. The number of hydrogen-bond acceptors (Lipinski definition) is 5. The maximum atomic E-state index is 11.4. The van der Waals surface area contributed by atoms with E-state index in [1.54, 1.807) is 12.5 Å². The summed E-state index contributed by atoms with van der Waals surface area (Å²) in [5.74, 6) is 1.87. The van der Waals surface area contributed by atoms with Crippen LogP contribution in [0.1, 0.15) is 18.2 Å². The Hall–Kier alpha value is -2.60. The first-order chi connectivity index (χ1) is 12.1. The first-order valence-electron chi connectivity index (χ1n) is 8.09. The van der Waals surface area contributed by atoms with Gasteiger partial charge in [0.2, 0.25) is 0 Å². The van der Waals surface area contributed by atoms with Crippen molar-refractivity contribution in [2.75, 3.05) is 11.6 Å². The number of aromatic nitrogens is 3. The molecule has 0 spiro atoms. The predicted octanol–water partition coefficient (Wildman–Crippen LogP) is 3.72. The van der Waals surface area contributed by atoms with Gasteiger partial charge in [0.05, 0.1) is 0 Å². The van der Waals surface area contributed by atoms with Gasteiger partial charge < -0.3 is 5.32 Å².